The Hall–Kier alpha value is -1.65. The van der Waals surface area contributed by atoms with Gasteiger partial charge >= 0.3 is 5.97 Å². The number of aromatic nitrogens is 2. The summed E-state index contributed by atoms with van der Waals surface area (Å²) >= 11 is 0. The smallest absolute Gasteiger partial charge is 0.358 e. The average Bonchev–Trinajstić information content (AvgIpc) is 2.04. The summed E-state index contributed by atoms with van der Waals surface area (Å²) in [5, 5.41) is 8.69. The molecule has 0 aliphatic rings. The van der Waals surface area contributed by atoms with Crippen molar-refractivity contribution in [2.75, 3.05) is 19.0 Å². The zero-order valence-electron chi connectivity index (χ0n) is 6.85. The molecule has 0 saturated heterocycles. The van der Waals surface area contributed by atoms with Gasteiger partial charge in [0.25, 0.3) is 0 Å². The molecule has 1 rings (SSSR count). The third kappa shape index (κ3) is 1.50. The molecule has 0 bridgehead atoms. The van der Waals surface area contributed by atoms with Gasteiger partial charge in [0.1, 0.15) is 0 Å². The Labute approximate surface area is 69.7 Å². The monoisotopic (exact) mass is 167 g/mol. The van der Waals surface area contributed by atoms with Gasteiger partial charge in [0, 0.05) is 26.5 Å². The van der Waals surface area contributed by atoms with E-state index in [4.69, 9.17) is 5.11 Å². The van der Waals surface area contributed by atoms with Crippen molar-refractivity contribution in [3.63, 3.8) is 0 Å². The van der Waals surface area contributed by atoms with Gasteiger partial charge in [-0.25, -0.2) is 14.8 Å². The number of carboxylic acids is 1. The van der Waals surface area contributed by atoms with Crippen molar-refractivity contribution in [3.05, 3.63) is 18.1 Å². The van der Waals surface area contributed by atoms with Crippen LogP contribution < -0.4 is 4.90 Å². The number of carbonyl (C=O) groups is 1. The summed E-state index contributed by atoms with van der Waals surface area (Å²) in [6.45, 7) is 0. The maximum absolute atomic E-state index is 10.6. The van der Waals surface area contributed by atoms with Gasteiger partial charge in [-0.1, -0.05) is 0 Å². The SMILES string of the molecule is CN(C)c1nccnc1C(=O)O. The van der Waals surface area contributed by atoms with Gasteiger partial charge in [0.05, 0.1) is 0 Å². The molecule has 12 heavy (non-hydrogen) atoms. The Bertz CT molecular complexity index is 298. The van der Waals surface area contributed by atoms with Gasteiger partial charge in [-0.3, -0.25) is 0 Å². The first-order chi connectivity index (χ1) is 5.63. The van der Waals surface area contributed by atoms with Gasteiger partial charge in [0.2, 0.25) is 0 Å². The van der Waals surface area contributed by atoms with E-state index >= 15 is 0 Å². The summed E-state index contributed by atoms with van der Waals surface area (Å²) in [7, 11) is 3.44. The molecule has 5 heteroatoms. The molecule has 64 valence electrons. The quantitative estimate of drug-likeness (QED) is 0.683. The molecular weight excluding hydrogens is 158 g/mol. The van der Waals surface area contributed by atoms with Gasteiger partial charge in [0.15, 0.2) is 11.5 Å². The Morgan fingerprint density at radius 1 is 1.42 bits per heavy atom. The molecule has 0 radical (unpaired) electrons. The molecule has 5 nitrogen and oxygen atoms in total. The molecule has 1 aromatic heterocycles. The van der Waals surface area contributed by atoms with Gasteiger partial charge in [-0.2, -0.15) is 0 Å². The number of anilines is 1. The lowest BCUT2D eigenvalue weighted by atomic mass is 10.4. The normalized spacial score (nSPS) is 9.50. The van der Waals surface area contributed by atoms with Crippen molar-refractivity contribution in [1.82, 2.24) is 9.97 Å². The number of aromatic carboxylic acids is 1. The zero-order valence-corrected chi connectivity index (χ0v) is 6.85. The van der Waals surface area contributed by atoms with E-state index in [1.165, 1.54) is 12.4 Å². The molecule has 0 aromatic carbocycles. The molecule has 0 amide bonds. The Balaban J connectivity index is 3.17. The van der Waals surface area contributed by atoms with Crippen LogP contribution in [0.2, 0.25) is 0 Å². The summed E-state index contributed by atoms with van der Waals surface area (Å²) in [5.41, 5.74) is -0.0255. The molecule has 0 aliphatic heterocycles. The van der Waals surface area contributed by atoms with Gasteiger partial charge in [-0.05, 0) is 0 Å². The number of nitrogens with zero attached hydrogens (tertiary/aromatic N) is 3. The number of hydrogen-bond donors (Lipinski definition) is 1. The first-order valence-corrected chi connectivity index (χ1v) is 3.34. The average molecular weight is 167 g/mol. The van der Waals surface area contributed by atoms with Crippen molar-refractivity contribution in [3.8, 4) is 0 Å². The lowest BCUT2D eigenvalue weighted by Crippen LogP contribution is -2.16. The lowest BCUT2D eigenvalue weighted by Gasteiger charge is -2.11. The zero-order chi connectivity index (χ0) is 9.14. The summed E-state index contributed by atoms with van der Waals surface area (Å²) in [6, 6.07) is 0. The number of hydrogen-bond acceptors (Lipinski definition) is 4. The molecule has 0 fully saturated rings. The van der Waals surface area contributed by atoms with E-state index < -0.39 is 5.97 Å². The molecule has 0 unspecified atom stereocenters. The van der Waals surface area contributed by atoms with Crippen LogP contribution in [0.5, 0.6) is 0 Å². The topological polar surface area (TPSA) is 66.3 Å². The molecule has 0 aliphatic carbocycles. The summed E-state index contributed by atoms with van der Waals surface area (Å²) in [6.07, 6.45) is 2.82. The summed E-state index contributed by atoms with van der Waals surface area (Å²) in [5.74, 6) is -0.697. The predicted octanol–water partition coefficient (Wildman–Crippen LogP) is 0.241. The molecule has 0 saturated carbocycles. The third-order valence-electron chi connectivity index (χ3n) is 1.31. The highest BCUT2D eigenvalue weighted by molar-refractivity contribution is 5.90. The van der Waals surface area contributed by atoms with E-state index in [9.17, 15) is 4.79 Å². The predicted molar refractivity (Wildman–Crippen MR) is 43.3 cm³/mol. The fourth-order valence-electron chi connectivity index (χ4n) is 0.809. The van der Waals surface area contributed by atoms with Crippen LogP contribution in [0.1, 0.15) is 10.5 Å². The highest BCUT2D eigenvalue weighted by atomic mass is 16.4. The second-order valence-corrected chi connectivity index (χ2v) is 2.43. The highest BCUT2D eigenvalue weighted by Crippen LogP contribution is 2.10. The standard InChI is InChI=1S/C7H9N3O2/c1-10(2)6-5(7(11)12)8-3-4-9-6/h3-4H,1-2H3,(H,11,12). The van der Waals surface area contributed by atoms with E-state index in [2.05, 4.69) is 9.97 Å². The Morgan fingerprint density at radius 2 is 2.00 bits per heavy atom. The van der Waals surface area contributed by atoms with Crippen molar-refractivity contribution >= 4 is 11.8 Å². The van der Waals surface area contributed by atoms with Gasteiger partial charge < -0.3 is 10.0 Å². The van der Waals surface area contributed by atoms with E-state index in [0.717, 1.165) is 0 Å². The summed E-state index contributed by atoms with van der Waals surface area (Å²) < 4.78 is 0. The van der Waals surface area contributed by atoms with Crippen LogP contribution in [0.25, 0.3) is 0 Å². The van der Waals surface area contributed by atoms with E-state index in [0.29, 0.717) is 5.82 Å². The van der Waals surface area contributed by atoms with Crippen LogP contribution in [-0.4, -0.2) is 35.1 Å². The van der Waals surface area contributed by atoms with Gasteiger partial charge in [-0.15, -0.1) is 0 Å². The van der Waals surface area contributed by atoms with Crippen LogP contribution in [0.15, 0.2) is 12.4 Å². The van der Waals surface area contributed by atoms with Crippen LogP contribution in [0.4, 0.5) is 5.82 Å². The lowest BCUT2D eigenvalue weighted by molar-refractivity contribution is 0.0691. The number of rotatable bonds is 2. The first kappa shape index (κ1) is 8.45. The van der Waals surface area contributed by atoms with E-state index in [1.807, 2.05) is 0 Å². The van der Waals surface area contributed by atoms with Crippen LogP contribution in [0, 0.1) is 0 Å². The molecule has 1 N–H and O–H groups in total. The van der Waals surface area contributed by atoms with Crippen molar-refractivity contribution in [2.24, 2.45) is 0 Å². The first-order valence-electron chi connectivity index (χ1n) is 3.34. The van der Waals surface area contributed by atoms with E-state index in [1.54, 1.807) is 19.0 Å². The second kappa shape index (κ2) is 3.17. The van der Waals surface area contributed by atoms with E-state index in [-0.39, 0.29) is 5.69 Å². The van der Waals surface area contributed by atoms with Crippen LogP contribution in [-0.2, 0) is 0 Å². The summed E-state index contributed by atoms with van der Waals surface area (Å²) in [4.78, 5) is 19.8. The fraction of sp³-hybridized carbons (Fsp3) is 0.286. The number of carboxylic acid groups (broad SMARTS) is 1. The molecular formula is C7H9N3O2. The molecule has 1 heterocycles. The third-order valence-corrected chi connectivity index (χ3v) is 1.31. The maximum Gasteiger partial charge on any atom is 0.358 e. The largest absolute Gasteiger partial charge is 0.476 e. The highest BCUT2D eigenvalue weighted by Gasteiger charge is 2.13. The van der Waals surface area contributed by atoms with Crippen molar-refractivity contribution in [1.29, 1.82) is 0 Å². The van der Waals surface area contributed by atoms with Crippen LogP contribution in [0.3, 0.4) is 0 Å². The minimum absolute atomic E-state index is 0.0255. The molecule has 0 spiro atoms. The Kier molecular flexibility index (Phi) is 2.23. The molecule has 1 aromatic rings. The van der Waals surface area contributed by atoms with Crippen molar-refractivity contribution < 1.29 is 9.90 Å². The molecule has 0 atom stereocenters. The second-order valence-electron chi connectivity index (χ2n) is 2.43. The minimum atomic E-state index is -1.06. The maximum atomic E-state index is 10.6. The Morgan fingerprint density at radius 3 is 2.42 bits per heavy atom. The van der Waals surface area contributed by atoms with Crippen molar-refractivity contribution in [2.45, 2.75) is 0 Å². The van der Waals surface area contributed by atoms with Crippen LogP contribution >= 0.6 is 0 Å². The minimum Gasteiger partial charge on any atom is -0.476 e. The fourth-order valence-corrected chi connectivity index (χ4v) is 0.809.